The van der Waals surface area contributed by atoms with Gasteiger partial charge in [-0.25, -0.2) is 4.79 Å². The number of carbonyl (C=O) groups is 2. The molecule has 2 atom stereocenters. The summed E-state index contributed by atoms with van der Waals surface area (Å²) in [6, 6.07) is 12.8. The second kappa shape index (κ2) is 11.8. The molecule has 0 saturated carbocycles. The Morgan fingerprint density at radius 2 is 1.88 bits per heavy atom. The summed E-state index contributed by atoms with van der Waals surface area (Å²) in [5.41, 5.74) is 3.23. The quantitative estimate of drug-likeness (QED) is 0.445. The number of benzene rings is 2. The molecule has 6 nitrogen and oxygen atoms in total. The second-order valence-corrected chi connectivity index (χ2v) is 9.06. The van der Waals surface area contributed by atoms with Gasteiger partial charge in [0.25, 0.3) is 0 Å². The van der Waals surface area contributed by atoms with Crippen molar-refractivity contribution in [1.82, 2.24) is 5.32 Å². The molecular formula is C27H36N2O4. The third-order valence-corrected chi connectivity index (χ3v) is 6.13. The molecule has 1 fully saturated rings. The molecule has 0 aromatic heterocycles. The van der Waals surface area contributed by atoms with Crippen LogP contribution in [0.4, 0.5) is 5.69 Å². The lowest BCUT2D eigenvalue weighted by Gasteiger charge is -2.34. The van der Waals surface area contributed by atoms with Gasteiger partial charge in [-0.2, -0.15) is 0 Å². The number of carbonyl (C=O) groups excluding carboxylic acids is 1. The van der Waals surface area contributed by atoms with Crippen molar-refractivity contribution >= 4 is 17.9 Å². The average molecular weight is 453 g/mol. The van der Waals surface area contributed by atoms with Gasteiger partial charge in [0.1, 0.15) is 17.6 Å². The van der Waals surface area contributed by atoms with Crippen molar-refractivity contribution in [3.05, 3.63) is 59.2 Å². The van der Waals surface area contributed by atoms with E-state index in [1.54, 1.807) is 12.1 Å². The Kier molecular flexibility index (Phi) is 8.89. The summed E-state index contributed by atoms with van der Waals surface area (Å²) in [6.07, 6.45) is 5.44. The molecule has 33 heavy (non-hydrogen) atoms. The van der Waals surface area contributed by atoms with Crippen LogP contribution in [-0.2, 0) is 4.79 Å². The van der Waals surface area contributed by atoms with Gasteiger partial charge in [0, 0.05) is 24.8 Å². The van der Waals surface area contributed by atoms with E-state index in [2.05, 4.69) is 48.3 Å². The van der Waals surface area contributed by atoms with Crippen molar-refractivity contribution in [3.8, 4) is 5.75 Å². The Morgan fingerprint density at radius 1 is 1.15 bits per heavy atom. The van der Waals surface area contributed by atoms with Gasteiger partial charge in [-0.3, -0.25) is 5.32 Å². The molecule has 1 heterocycles. The van der Waals surface area contributed by atoms with Gasteiger partial charge in [0.05, 0.1) is 12.6 Å². The van der Waals surface area contributed by atoms with Crippen LogP contribution in [0.25, 0.3) is 0 Å². The van der Waals surface area contributed by atoms with E-state index < -0.39 is 12.0 Å². The maximum absolute atomic E-state index is 12.2. The number of rotatable bonds is 11. The Hall–Kier alpha value is -2.86. The molecule has 0 bridgehead atoms. The Morgan fingerprint density at radius 3 is 2.52 bits per heavy atom. The molecule has 3 rings (SSSR count). The van der Waals surface area contributed by atoms with Crippen molar-refractivity contribution in [2.75, 3.05) is 24.6 Å². The number of carboxylic acid groups (broad SMARTS) is 1. The van der Waals surface area contributed by atoms with E-state index in [1.165, 1.54) is 36.6 Å². The monoisotopic (exact) mass is 452 g/mol. The zero-order valence-electron chi connectivity index (χ0n) is 19.9. The second-order valence-electron chi connectivity index (χ2n) is 9.06. The number of anilines is 1. The summed E-state index contributed by atoms with van der Waals surface area (Å²) in [6.45, 7) is 8.63. The Labute approximate surface area is 196 Å². The number of nitrogens with zero attached hydrogens (tertiary/aromatic N) is 1. The number of ether oxygens (including phenoxy) is 1. The van der Waals surface area contributed by atoms with Crippen LogP contribution in [0.2, 0.25) is 0 Å². The van der Waals surface area contributed by atoms with Crippen molar-refractivity contribution in [3.63, 3.8) is 0 Å². The number of carboxylic acids is 1. The highest BCUT2D eigenvalue weighted by atomic mass is 16.5. The first kappa shape index (κ1) is 24.8. The van der Waals surface area contributed by atoms with Crippen molar-refractivity contribution in [1.29, 1.82) is 0 Å². The molecule has 2 aromatic rings. The minimum absolute atomic E-state index is 0.0204. The van der Waals surface area contributed by atoms with Crippen molar-refractivity contribution in [2.45, 2.75) is 58.5 Å². The summed E-state index contributed by atoms with van der Waals surface area (Å²) in [4.78, 5) is 26.2. The molecular weight excluding hydrogens is 416 g/mol. The maximum Gasteiger partial charge on any atom is 0.339 e. The molecule has 0 amide bonds. The van der Waals surface area contributed by atoms with Gasteiger partial charge in [-0.1, -0.05) is 38.1 Å². The summed E-state index contributed by atoms with van der Waals surface area (Å²) in [7, 11) is 0. The van der Waals surface area contributed by atoms with Crippen molar-refractivity contribution < 1.29 is 19.4 Å². The lowest BCUT2D eigenvalue weighted by Crippen LogP contribution is -2.33. The standard InChI is InChI=1S/C27H36N2O4/c1-4-33-26-17-20(12-13-22(26)27(31)32)24(18-30)28-23(16-19(2)3)21-10-6-7-11-25(21)29-14-8-5-9-15-29/h6-7,10-13,17-19,23-24,28H,4-5,8-9,14-16H2,1-3H3,(H,31,32). The van der Waals surface area contributed by atoms with E-state index >= 15 is 0 Å². The van der Waals surface area contributed by atoms with Crippen LogP contribution in [0.1, 0.15) is 80.0 Å². The molecule has 2 aromatic carbocycles. The van der Waals surface area contributed by atoms with E-state index in [9.17, 15) is 14.7 Å². The normalized spacial score (nSPS) is 15.8. The minimum Gasteiger partial charge on any atom is -0.493 e. The zero-order valence-corrected chi connectivity index (χ0v) is 19.9. The molecule has 6 heteroatoms. The van der Waals surface area contributed by atoms with Gasteiger partial charge in [0.15, 0.2) is 0 Å². The lowest BCUT2D eigenvalue weighted by atomic mass is 9.93. The van der Waals surface area contributed by atoms with Crippen molar-refractivity contribution in [2.24, 2.45) is 5.92 Å². The third kappa shape index (κ3) is 6.35. The molecule has 1 aliphatic rings. The summed E-state index contributed by atoms with van der Waals surface area (Å²) in [5, 5.41) is 13.0. The molecule has 0 radical (unpaired) electrons. The number of hydrogen-bond acceptors (Lipinski definition) is 5. The van der Waals surface area contributed by atoms with Crippen LogP contribution >= 0.6 is 0 Å². The average Bonchev–Trinajstić information content (AvgIpc) is 2.82. The maximum atomic E-state index is 12.2. The number of aldehydes is 1. The molecule has 178 valence electrons. The minimum atomic E-state index is -1.05. The highest BCUT2D eigenvalue weighted by molar-refractivity contribution is 5.91. The number of aromatic carboxylic acids is 1. The van der Waals surface area contributed by atoms with E-state index in [-0.39, 0.29) is 17.4 Å². The number of nitrogens with one attached hydrogen (secondary N) is 1. The summed E-state index contributed by atoms with van der Waals surface area (Å²) >= 11 is 0. The number of hydrogen-bond donors (Lipinski definition) is 2. The summed E-state index contributed by atoms with van der Waals surface area (Å²) < 4.78 is 5.56. The fourth-order valence-electron chi connectivity index (χ4n) is 4.58. The molecule has 0 spiro atoms. The first-order chi connectivity index (χ1) is 15.9. The largest absolute Gasteiger partial charge is 0.493 e. The van der Waals surface area contributed by atoms with Crippen LogP contribution in [0, 0.1) is 5.92 Å². The SMILES string of the molecule is CCOc1cc(C(C=O)NC(CC(C)C)c2ccccc2N2CCCCC2)ccc1C(=O)O. The zero-order chi connectivity index (χ0) is 23.8. The topological polar surface area (TPSA) is 78.9 Å². The predicted molar refractivity (Wildman–Crippen MR) is 131 cm³/mol. The van der Waals surface area contributed by atoms with Crippen LogP contribution < -0.4 is 15.0 Å². The van der Waals surface area contributed by atoms with Gasteiger partial charge in [-0.15, -0.1) is 0 Å². The fraction of sp³-hybridized carbons (Fsp3) is 0.481. The van der Waals surface area contributed by atoms with Gasteiger partial charge in [0.2, 0.25) is 0 Å². The Balaban J connectivity index is 1.94. The van der Waals surface area contributed by atoms with E-state index in [0.717, 1.165) is 25.8 Å². The number of piperidine rings is 1. The highest BCUT2D eigenvalue weighted by Crippen LogP contribution is 2.34. The molecule has 1 aliphatic heterocycles. The van der Waals surface area contributed by atoms with E-state index in [4.69, 9.17) is 4.74 Å². The highest BCUT2D eigenvalue weighted by Gasteiger charge is 2.25. The van der Waals surface area contributed by atoms with E-state index in [0.29, 0.717) is 18.1 Å². The Bertz CT molecular complexity index is 937. The number of para-hydroxylation sites is 1. The lowest BCUT2D eigenvalue weighted by molar-refractivity contribution is -0.109. The predicted octanol–water partition coefficient (Wildman–Crippen LogP) is 5.39. The van der Waals surface area contributed by atoms with Crippen LogP contribution in [0.3, 0.4) is 0 Å². The third-order valence-electron chi connectivity index (χ3n) is 6.13. The first-order valence-corrected chi connectivity index (χ1v) is 12.0. The molecule has 1 saturated heterocycles. The fourth-order valence-corrected chi connectivity index (χ4v) is 4.58. The van der Waals surface area contributed by atoms with Gasteiger partial charge in [-0.05, 0) is 67.9 Å². The van der Waals surface area contributed by atoms with Crippen LogP contribution in [0.15, 0.2) is 42.5 Å². The molecule has 2 unspecified atom stereocenters. The molecule has 2 N–H and O–H groups in total. The van der Waals surface area contributed by atoms with E-state index in [1.807, 2.05) is 6.92 Å². The van der Waals surface area contributed by atoms with Gasteiger partial charge >= 0.3 is 5.97 Å². The summed E-state index contributed by atoms with van der Waals surface area (Å²) in [5.74, 6) is -0.336. The van der Waals surface area contributed by atoms with Gasteiger partial charge < -0.3 is 19.5 Å². The smallest absolute Gasteiger partial charge is 0.339 e. The van der Waals surface area contributed by atoms with Crippen LogP contribution in [0.5, 0.6) is 5.75 Å². The first-order valence-electron chi connectivity index (χ1n) is 12.0. The van der Waals surface area contributed by atoms with Crippen LogP contribution in [-0.4, -0.2) is 37.1 Å². The molecule has 0 aliphatic carbocycles.